The molecule has 138 valence electrons. The molecule has 5 nitrogen and oxygen atoms in total. The van der Waals surface area contributed by atoms with Crippen molar-refractivity contribution in [2.75, 3.05) is 13.1 Å². The molecule has 1 aliphatic carbocycles. The van der Waals surface area contributed by atoms with E-state index < -0.39 is 15.4 Å². The van der Waals surface area contributed by atoms with Crippen LogP contribution in [0, 0.1) is 11.3 Å². The molecule has 2 N–H and O–H groups in total. The van der Waals surface area contributed by atoms with Crippen LogP contribution in [0.15, 0.2) is 29.2 Å². The van der Waals surface area contributed by atoms with Crippen LogP contribution in [0.1, 0.15) is 44.9 Å². The Kier molecular flexibility index (Phi) is 5.42. The van der Waals surface area contributed by atoms with E-state index >= 15 is 0 Å². The summed E-state index contributed by atoms with van der Waals surface area (Å²) in [4.78, 5) is 12.5. The maximum absolute atomic E-state index is 13.0. The van der Waals surface area contributed by atoms with Crippen molar-refractivity contribution in [2.45, 2.75) is 49.8 Å². The number of amides is 1. The average Bonchev–Trinajstić information content (AvgIpc) is 2.62. The number of rotatable bonds is 4. The van der Waals surface area contributed by atoms with E-state index in [0.717, 1.165) is 44.9 Å². The van der Waals surface area contributed by atoms with Crippen LogP contribution in [0.3, 0.4) is 0 Å². The van der Waals surface area contributed by atoms with Crippen LogP contribution in [0.2, 0.25) is 5.02 Å². The molecule has 1 amide bonds. The van der Waals surface area contributed by atoms with E-state index in [1.807, 2.05) is 0 Å². The molecule has 1 aliphatic heterocycles. The van der Waals surface area contributed by atoms with E-state index in [1.54, 1.807) is 18.2 Å². The highest BCUT2D eigenvalue weighted by Crippen LogP contribution is 2.46. The quantitative estimate of drug-likeness (QED) is 0.865. The average molecular weight is 385 g/mol. The van der Waals surface area contributed by atoms with E-state index in [2.05, 4.69) is 0 Å². The van der Waals surface area contributed by atoms with Gasteiger partial charge in [-0.2, -0.15) is 4.31 Å². The first-order chi connectivity index (χ1) is 11.9. The first-order valence-corrected chi connectivity index (χ1v) is 10.7. The van der Waals surface area contributed by atoms with E-state index in [9.17, 15) is 13.2 Å². The first kappa shape index (κ1) is 18.7. The highest BCUT2D eigenvalue weighted by Gasteiger charge is 2.47. The summed E-state index contributed by atoms with van der Waals surface area (Å²) in [6.45, 7) is 0.831. The second kappa shape index (κ2) is 7.25. The van der Waals surface area contributed by atoms with Crippen LogP contribution in [-0.4, -0.2) is 31.7 Å². The normalized spacial score (nSPS) is 24.8. The lowest BCUT2D eigenvalue weighted by molar-refractivity contribution is -0.134. The minimum Gasteiger partial charge on any atom is -0.369 e. The van der Waals surface area contributed by atoms with Gasteiger partial charge in [-0.05, 0) is 49.8 Å². The molecule has 3 rings (SSSR count). The molecule has 1 saturated carbocycles. The first-order valence-electron chi connectivity index (χ1n) is 8.92. The van der Waals surface area contributed by atoms with Crippen molar-refractivity contribution in [3.05, 3.63) is 29.3 Å². The molecule has 2 aliphatic rings. The number of nitrogens with zero attached hydrogens (tertiary/aromatic N) is 1. The fraction of sp³-hybridized carbons (Fsp3) is 0.611. The van der Waals surface area contributed by atoms with Crippen molar-refractivity contribution in [2.24, 2.45) is 17.1 Å². The molecular formula is C18H25ClN2O3S. The Labute approximate surface area is 154 Å². The molecule has 2 fully saturated rings. The standard InChI is InChI=1S/C18H25ClN2O3S/c19-15-7-4-8-16(12-15)25(23,24)21-11-5-6-14(13-21)18(17(20)22)9-2-1-3-10-18/h4,7-8,12,14H,1-3,5-6,9-11,13H2,(H2,20,22)/t14-/m0/s1. The van der Waals surface area contributed by atoms with Gasteiger partial charge in [-0.15, -0.1) is 0 Å². The lowest BCUT2D eigenvalue weighted by atomic mass is 9.63. The number of hydrogen-bond donors (Lipinski definition) is 1. The summed E-state index contributed by atoms with van der Waals surface area (Å²) in [5, 5.41) is 0.399. The number of sulfonamides is 1. The molecule has 7 heteroatoms. The lowest BCUT2D eigenvalue weighted by Crippen LogP contribution is -2.52. The largest absolute Gasteiger partial charge is 0.369 e. The summed E-state index contributed by atoms with van der Waals surface area (Å²) in [6.07, 6.45) is 6.24. The molecule has 1 saturated heterocycles. The Bertz CT molecular complexity index is 744. The summed E-state index contributed by atoms with van der Waals surface area (Å²) in [6, 6.07) is 6.34. The van der Waals surface area contributed by atoms with Gasteiger partial charge in [0.05, 0.1) is 10.3 Å². The third-order valence-electron chi connectivity index (χ3n) is 5.84. The van der Waals surface area contributed by atoms with Gasteiger partial charge in [0, 0.05) is 18.1 Å². The lowest BCUT2D eigenvalue weighted by Gasteiger charge is -2.45. The van der Waals surface area contributed by atoms with Crippen molar-refractivity contribution in [1.29, 1.82) is 0 Å². The number of carbonyl (C=O) groups is 1. The van der Waals surface area contributed by atoms with Crippen LogP contribution in [-0.2, 0) is 14.8 Å². The topological polar surface area (TPSA) is 80.5 Å². The molecule has 0 bridgehead atoms. The Balaban J connectivity index is 1.86. The molecule has 25 heavy (non-hydrogen) atoms. The summed E-state index contributed by atoms with van der Waals surface area (Å²) >= 11 is 5.96. The molecular weight excluding hydrogens is 360 g/mol. The van der Waals surface area contributed by atoms with Gasteiger partial charge in [-0.3, -0.25) is 4.79 Å². The zero-order chi connectivity index (χ0) is 18.1. The van der Waals surface area contributed by atoms with E-state index in [0.29, 0.717) is 18.1 Å². The second-order valence-electron chi connectivity index (χ2n) is 7.24. The van der Waals surface area contributed by atoms with Crippen LogP contribution < -0.4 is 5.73 Å². The SMILES string of the molecule is NC(=O)C1([C@H]2CCCN(S(=O)(=O)c3cccc(Cl)c3)C2)CCCCC1. The van der Waals surface area contributed by atoms with Crippen LogP contribution >= 0.6 is 11.6 Å². The van der Waals surface area contributed by atoms with Crippen LogP contribution in [0.4, 0.5) is 0 Å². The fourth-order valence-corrected chi connectivity index (χ4v) is 6.25. The smallest absolute Gasteiger partial charge is 0.243 e. The van der Waals surface area contributed by atoms with Gasteiger partial charge in [0.15, 0.2) is 0 Å². The number of hydrogen-bond acceptors (Lipinski definition) is 3. The van der Waals surface area contributed by atoms with Crippen molar-refractivity contribution < 1.29 is 13.2 Å². The predicted octanol–water partition coefficient (Wildman–Crippen LogP) is 3.18. The zero-order valence-electron chi connectivity index (χ0n) is 14.3. The Morgan fingerprint density at radius 3 is 2.56 bits per heavy atom. The van der Waals surface area contributed by atoms with Crippen molar-refractivity contribution in [1.82, 2.24) is 4.31 Å². The van der Waals surface area contributed by atoms with Gasteiger partial charge < -0.3 is 5.73 Å². The Hall–Kier alpha value is -1.11. The highest BCUT2D eigenvalue weighted by molar-refractivity contribution is 7.89. The Morgan fingerprint density at radius 2 is 1.92 bits per heavy atom. The van der Waals surface area contributed by atoms with Crippen molar-refractivity contribution in [3.63, 3.8) is 0 Å². The summed E-state index contributed by atoms with van der Waals surface area (Å²) < 4.78 is 27.5. The van der Waals surface area contributed by atoms with E-state index in [-0.39, 0.29) is 16.7 Å². The number of halogens is 1. The van der Waals surface area contributed by atoms with Gasteiger partial charge >= 0.3 is 0 Å². The summed E-state index contributed by atoms with van der Waals surface area (Å²) in [5.41, 5.74) is 5.24. The number of benzene rings is 1. The molecule has 1 atom stereocenters. The third-order valence-corrected chi connectivity index (χ3v) is 7.93. The fourth-order valence-electron chi connectivity index (χ4n) is 4.43. The molecule has 1 heterocycles. The molecule has 1 aromatic rings. The van der Waals surface area contributed by atoms with Gasteiger partial charge in [-0.25, -0.2) is 8.42 Å². The van der Waals surface area contributed by atoms with Crippen LogP contribution in [0.5, 0.6) is 0 Å². The minimum absolute atomic E-state index is 0.00647. The monoisotopic (exact) mass is 384 g/mol. The number of piperidine rings is 1. The zero-order valence-corrected chi connectivity index (χ0v) is 15.9. The predicted molar refractivity (Wildman–Crippen MR) is 97.6 cm³/mol. The van der Waals surface area contributed by atoms with Gasteiger partial charge in [0.2, 0.25) is 15.9 Å². The third kappa shape index (κ3) is 3.57. The number of nitrogens with two attached hydrogens (primary N) is 1. The summed E-state index contributed by atoms with van der Waals surface area (Å²) in [5.74, 6) is -0.271. The van der Waals surface area contributed by atoms with Gasteiger partial charge in [0.1, 0.15) is 0 Å². The molecule has 0 radical (unpaired) electrons. The summed E-state index contributed by atoms with van der Waals surface area (Å²) in [7, 11) is -3.61. The number of primary amides is 1. The maximum Gasteiger partial charge on any atom is 0.243 e. The minimum atomic E-state index is -3.61. The van der Waals surface area contributed by atoms with E-state index in [1.165, 1.54) is 10.4 Å². The highest BCUT2D eigenvalue weighted by atomic mass is 35.5. The van der Waals surface area contributed by atoms with Gasteiger partial charge in [0.25, 0.3) is 0 Å². The van der Waals surface area contributed by atoms with Crippen LogP contribution in [0.25, 0.3) is 0 Å². The number of carbonyl (C=O) groups excluding carboxylic acids is 1. The maximum atomic E-state index is 13.0. The second-order valence-corrected chi connectivity index (χ2v) is 9.62. The van der Waals surface area contributed by atoms with Gasteiger partial charge in [-0.1, -0.05) is 36.9 Å². The van der Waals surface area contributed by atoms with Crippen molar-refractivity contribution >= 4 is 27.5 Å². The molecule has 0 unspecified atom stereocenters. The van der Waals surface area contributed by atoms with Crippen molar-refractivity contribution in [3.8, 4) is 0 Å². The molecule has 1 aromatic carbocycles. The molecule has 0 spiro atoms. The molecule has 0 aromatic heterocycles. The van der Waals surface area contributed by atoms with E-state index in [4.69, 9.17) is 17.3 Å². The Morgan fingerprint density at radius 1 is 1.20 bits per heavy atom.